The van der Waals surface area contributed by atoms with Crippen LogP contribution in [0.15, 0.2) is 29.2 Å². The van der Waals surface area contributed by atoms with Gasteiger partial charge in [0.15, 0.2) is 0 Å². The second-order valence-corrected chi connectivity index (χ2v) is 7.30. The highest BCUT2D eigenvalue weighted by Gasteiger charge is 2.18. The number of hydrogen-bond donors (Lipinski definition) is 2. The molecule has 0 amide bonds. The summed E-state index contributed by atoms with van der Waals surface area (Å²) in [5.74, 6) is 0.788. The minimum atomic E-state index is -3.41. The van der Waals surface area contributed by atoms with Crippen molar-refractivity contribution in [1.82, 2.24) is 10.0 Å². The van der Waals surface area contributed by atoms with E-state index in [9.17, 15) is 8.42 Å². The van der Waals surface area contributed by atoms with Gasteiger partial charge < -0.3 is 5.32 Å². The predicted octanol–water partition coefficient (Wildman–Crippen LogP) is 1.87. The van der Waals surface area contributed by atoms with Crippen molar-refractivity contribution in [3.05, 3.63) is 29.8 Å². The molecule has 0 aromatic heterocycles. The maximum absolute atomic E-state index is 12.3. The van der Waals surface area contributed by atoms with Crippen LogP contribution in [0.3, 0.4) is 0 Å². The second-order valence-electron chi connectivity index (χ2n) is 4.68. The largest absolute Gasteiger partial charge is 0.319 e. The fourth-order valence-corrected chi connectivity index (χ4v) is 3.97. The maximum atomic E-state index is 12.3. The summed E-state index contributed by atoms with van der Waals surface area (Å²) >= 11 is 1.65. The predicted molar refractivity (Wildman–Crippen MR) is 86.9 cm³/mol. The fraction of sp³-hybridized carbons (Fsp3) is 0.571. The average molecular weight is 316 g/mol. The molecule has 2 N–H and O–H groups in total. The molecule has 0 spiro atoms. The minimum absolute atomic E-state index is 0.0148. The van der Waals surface area contributed by atoms with Crippen LogP contribution in [-0.4, -0.2) is 40.1 Å². The number of nitrogens with one attached hydrogen (secondary N) is 2. The topological polar surface area (TPSA) is 58.2 Å². The highest BCUT2D eigenvalue weighted by Crippen LogP contribution is 2.13. The Balaban J connectivity index is 2.76. The summed E-state index contributed by atoms with van der Waals surface area (Å²) in [5, 5.41) is 3.08. The first-order valence-electron chi connectivity index (χ1n) is 6.78. The first-order chi connectivity index (χ1) is 9.53. The molecule has 0 heterocycles. The molecule has 1 rings (SSSR count). The van der Waals surface area contributed by atoms with E-state index < -0.39 is 10.0 Å². The van der Waals surface area contributed by atoms with Gasteiger partial charge in [-0.15, -0.1) is 0 Å². The standard InChI is InChI=1S/C14H24N2O2S2/c1-4-13(11-19-3)16-20(17,18)14-7-5-12(6-8-14)9-10-15-2/h5-8,13,15-16H,4,9-11H2,1-3H3. The molecule has 0 aliphatic rings. The summed E-state index contributed by atoms with van der Waals surface area (Å²) in [4.78, 5) is 0.338. The summed E-state index contributed by atoms with van der Waals surface area (Å²) in [5.41, 5.74) is 1.13. The van der Waals surface area contributed by atoms with Crippen molar-refractivity contribution in [2.24, 2.45) is 0 Å². The van der Waals surface area contributed by atoms with Gasteiger partial charge in [-0.3, -0.25) is 0 Å². The summed E-state index contributed by atoms with van der Waals surface area (Å²) in [6.45, 7) is 2.88. The molecule has 6 heteroatoms. The van der Waals surface area contributed by atoms with Crippen LogP contribution in [0.25, 0.3) is 0 Å². The van der Waals surface area contributed by atoms with Gasteiger partial charge in [-0.2, -0.15) is 11.8 Å². The van der Waals surface area contributed by atoms with Crippen molar-refractivity contribution in [2.75, 3.05) is 25.6 Å². The molecule has 0 fully saturated rings. The van der Waals surface area contributed by atoms with Crippen LogP contribution in [0.2, 0.25) is 0 Å². The fourth-order valence-electron chi connectivity index (χ4n) is 1.83. The molecule has 0 bridgehead atoms. The molecule has 0 aliphatic carbocycles. The third-order valence-electron chi connectivity index (χ3n) is 3.08. The Morgan fingerprint density at radius 1 is 1.25 bits per heavy atom. The molecule has 1 unspecified atom stereocenters. The summed E-state index contributed by atoms with van der Waals surface area (Å²) in [7, 11) is -1.51. The zero-order chi connectivity index (χ0) is 15.0. The van der Waals surface area contributed by atoms with Crippen molar-refractivity contribution in [3.63, 3.8) is 0 Å². The SMILES string of the molecule is CCC(CSC)NS(=O)(=O)c1ccc(CCNC)cc1. The number of sulfonamides is 1. The highest BCUT2D eigenvalue weighted by molar-refractivity contribution is 7.98. The lowest BCUT2D eigenvalue weighted by molar-refractivity contribution is 0.558. The van der Waals surface area contributed by atoms with Gasteiger partial charge in [0, 0.05) is 11.8 Å². The quantitative estimate of drug-likeness (QED) is 0.730. The van der Waals surface area contributed by atoms with Crippen LogP contribution in [0.5, 0.6) is 0 Å². The van der Waals surface area contributed by atoms with Crippen LogP contribution in [0.1, 0.15) is 18.9 Å². The summed E-state index contributed by atoms with van der Waals surface area (Å²) in [6.07, 6.45) is 3.67. The summed E-state index contributed by atoms with van der Waals surface area (Å²) < 4.78 is 27.3. The summed E-state index contributed by atoms with van der Waals surface area (Å²) in [6, 6.07) is 7.10. The first kappa shape index (κ1) is 17.5. The van der Waals surface area contributed by atoms with Gasteiger partial charge in [-0.05, 0) is 50.4 Å². The zero-order valence-electron chi connectivity index (χ0n) is 12.3. The lowest BCUT2D eigenvalue weighted by atomic mass is 10.1. The Kier molecular flexibility index (Phi) is 7.58. The monoisotopic (exact) mass is 316 g/mol. The first-order valence-corrected chi connectivity index (χ1v) is 9.66. The minimum Gasteiger partial charge on any atom is -0.319 e. The smallest absolute Gasteiger partial charge is 0.240 e. The molecule has 114 valence electrons. The molecule has 20 heavy (non-hydrogen) atoms. The van der Waals surface area contributed by atoms with Crippen molar-refractivity contribution in [1.29, 1.82) is 0 Å². The van der Waals surface area contributed by atoms with Gasteiger partial charge in [-0.1, -0.05) is 19.1 Å². The van der Waals surface area contributed by atoms with Crippen molar-refractivity contribution >= 4 is 21.8 Å². The Hall–Kier alpha value is -0.560. The van der Waals surface area contributed by atoms with Crippen molar-refractivity contribution < 1.29 is 8.42 Å². The van der Waals surface area contributed by atoms with Crippen LogP contribution in [0.4, 0.5) is 0 Å². The van der Waals surface area contributed by atoms with E-state index in [-0.39, 0.29) is 6.04 Å². The molecule has 1 aromatic carbocycles. The maximum Gasteiger partial charge on any atom is 0.240 e. The van der Waals surface area contributed by atoms with Crippen molar-refractivity contribution in [3.8, 4) is 0 Å². The molecule has 0 saturated carbocycles. The van der Waals surface area contributed by atoms with E-state index in [1.807, 2.05) is 32.4 Å². The lowest BCUT2D eigenvalue weighted by Crippen LogP contribution is -2.36. The van der Waals surface area contributed by atoms with Gasteiger partial charge in [-0.25, -0.2) is 13.1 Å². The number of likely N-dealkylation sites (N-methyl/N-ethyl adjacent to an activating group) is 1. The van der Waals surface area contributed by atoms with Crippen LogP contribution in [-0.2, 0) is 16.4 Å². The molecule has 0 radical (unpaired) electrons. The van der Waals surface area contributed by atoms with Gasteiger partial charge in [0.05, 0.1) is 4.90 Å². The van der Waals surface area contributed by atoms with E-state index in [0.717, 1.165) is 30.7 Å². The molecule has 1 atom stereocenters. The van der Waals surface area contributed by atoms with Gasteiger partial charge in [0.2, 0.25) is 10.0 Å². The van der Waals surface area contributed by atoms with Crippen LogP contribution < -0.4 is 10.0 Å². The molecular formula is C14H24N2O2S2. The van der Waals surface area contributed by atoms with Crippen molar-refractivity contribution in [2.45, 2.75) is 30.7 Å². The Morgan fingerprint density at radius 3 is 2.40 bits per heavy atom. The molecule has 4 nitrogen and oxygen atoms in total. The second kappa shape index (κ2) is 8.67. The highest BCUT2D eigenvalue weighted by atomic mass is 32.2. The van der Waals surface area contributed by atoms with E-state index in [0.29, 0.717) is 4.90 Å². The Bertz CT molecular complexity index is 486. The van der Waals surface area contributed by atoms with E-state index in [1.54, 1.807) is 23.9 Å². The van der Waals surface area contributed by atoms with E-state index >= 15 is 0 Å². The average Bonchev–Trinajstić information content (AvgIpc) is 2.45. The van der Waals surface area contributed by atoms with E-state index in [4.69, 9.17) is 0 Å². The van der Waals surface area contributed by atoms with Gasteiger partial charge >= 0.3 is 0 Å². The Labute approximate surface area is 126 Å². The molecule has 0 saturated heterocycles. The number of rotatable bonds is 9. The molecule has 1 aromatic rings. The van der Waals surface area contributed by atoms with Gasteiger partial charge in [0.25, 0.3) is 0 Å². The van der Waals surface area contributed by atoms with Gasteiger partial charge in [0.1, 0.15) is 0 Å². The zero-order valence-corrected chi connectivity index (χ0v) is 14.0. The van der Waals surface area contributed by atoms with E-state index in [1.165, 1.54) is 0 Å². The van der Waals surface area contributed by atoms with Crippen LogP contribution in [0, 0.1) is 0 Å². The lowest BCUT2D eigenvalue weighted by Gasteiger charge is -2.16. The number of thioether (sulfide) groups is 1. The normalized spacial score (nSPS) is 13.3. The van der Waals surface area contributed by atoms with Crippen LogP contribution >= 0.6 is 11.8 Å². The molecule has 0 aliphatic heterocycles. The molecular weight excluding hydrogens is 292 g/mol. The van der Waals surface area contributed by atoms with E-state index in [2.05, 4.69) is 10.0 Å². The number of benzene rings is 1. The third-order valence-corrected chi connectivity index (χ3v) is 5.35. The Morgan fingerprint density at radius 2 is 1.90 bits per heavy atom. The third kappa shape index (κ3) is 5.44. The number of hydrogen-bond acceptors (Lipinski definition) is 4.